The Kier molecular flexibility index (Phi) is 3.78. The van der Waals surface area contributed by atoms with Gasteiger partial charge in [0.05, 0.1) is 11.7 Å². The molecule has 2 aromatic heterocycles. The van der Waals surface area contributed by atoms with Gasteiger partial charge in [0.25, 0.3) is 5.91 Å². The highest BCUT2D eigenvalue weighted by molar-refractivity contribution is 7.11. The van der Waals surface area contributed by atoms with Crippen molar-refractivity contribution >= 4 is 17.2 Å². The molecule has 0 spiro atoms. The second kappa shape index (κ2) is 5.71. The Bertz CT molecular complexity index is 589. The zero-order valence-corrected chi connectivity index (χ0v) is 12.3. The number of likely N-dealkylation sites (tertiary alicyclic amines) is 1. The second-order valence-corrected chi connectivity index (χ2v) is 6.05. The van der Waals surface area contributed by atoms with Crippen LogP contribution in [-0.2, 0) is 0 Å². The topological polar surface area (TPSA) is 46.1 Å². The molecule has 0 aromatic carbocycles. The van der Waals surface area contributed by atoms with Gasteiger partial charge in [-0.15, -0.1) is 11.3 Å². The summed E-state index contributed by atoms with van der Waals surface area (Å²) in [6.45, 7) is 3.66. The largest absolute Gasteiger partial charge is 0.338 e. The average Bonchev–Trinajstić information content (AvgIpc) is 3.01. The predicted octanol–water partition coefficient (Wildman–Crippen LogP) is 2.87. The number of hydrogen-bond acceptors (Lipinski definition) is 4. The number of nitrogens with zero attached hydrogens (tertiary/aromatic N) is 3. The summed E-state index contributed by atoms with van der Waals surface area (Å²) < 4.78 is 0. The molecule has 3 heterocycles. The van der Waals surface area contributed by atoms with Crippen LogP contribution in [0.15, 0.2) is 30.0 Å². The van der Waals surface area contributed by atoms with Crippen LogP contribution in [0.2, 0.25) is 0 Å². The first kappa shape index (κ1) is 13.2. The van der Waals surface area contributed by atoms with Crippen molar-refractivity contribution in [2.45, 2.75) is 25.7 Å². The molecule has 1 saturated heterocycles. The summed E-state index contributed by atoms with van der Waals surface area (Å²) in [5.41, 5.74) is 4.12. The van der Waals surface area contributed by atoms with Crippen molar-refractivity contribution in [3.05, 3.63) is 46.2 Å². The van der Waals surface area contributed by atoms with Crippen LogP contribution in [-0.4, -0.2) is 33.9 Å². The van der Waals surface area contributed by atoms with E-state index in [0.717, 1.165) is 36.5 Å². The molecular formula is C15H17N3OS. The summed E-state index contributed by atoms with van der Waals surface area (Å²) in [5.74, 6) is 0.666. The monoisotopic (exact) mass is 287 g/mol. The number of carbonyl (C=O) groups is 1. The molecule has 3 rings (SSSR count). The molecule has 0 atom stereocenters. The van der Waals surface area contributed by atoms with E-state index < -0.39 is 0 Å². The van der Waals surface area contributed by atoms with Gasteiger partial charge in [0, 0.05) is 25.0 Å². The zero-order valence-electron chi connectivity index (χ0n) is 11.5. The van der Waals surface area contributed by atoms with Gasteiger partial charge < -0.3 is 4.90 Å². The predicted molar refractivity (Wildman–Crippen MR) is 79.0 cm³/mol. The number of aryl methyl sites for hydroxylation is 1. The lowest BCUT2D eigenvalue weighted by Gasteiger charge is -2.32. The minimum atomic E-state index is 0.122. The number of aromatic nitrogens is 2. The molecule has 0 radical (unpaired) electrons. The lowest BCUT2D eigenvalue weighted by atomic mass is 9.89. The van der Waals surface area contributed by atoms with Crippen LogP contribution in [0, 0.1) is 6.92 Å². The first-order chi connectivity index (χ1) is 9.74. The minimum absolute atomic E-state index is 0.122. The van der Waals surface area contributed by atoms with Crippen molar-refractivity contribution in [1.29, 1.82) is 0 Å². The summed E-state index contributed by atoms with van der Waals surface area (Å²) in [5, 5.41) is 0. The van der Waals surface area contributed by atoms with E-state index in [1.165, 1.54) is 16.9 Å². The Balaban J connectivity index is 1.64. The van der Waals surface area contributed by atoms with Crippen molar-refractivity contribution in [2.75, 3.05) is 13.1 Å². The van der Waals surface area contributed by atoms with Gasteiger partial charge in [0.2, 0.25) is 0 Å². The van der Waals surface area contributed by atoms with Gasteiger partial charge in [-0.2, -0.15) is 0 Å². The van der Waals surface area contributed by atoms with Crippen LogP contribution in [0.3, 0.4) is 0 Å². The van der Waals surface area contributed by atoms with E-state index in [4.69, 9.17) is 0 Å². The molecule has 0 bridgehead atoms. The molecule has 1 amide bonds. The van der Waals surface area contributed by atoms with Crippen LogP contribution in [0.4, 0.5) is 0 Å². The molecule has 5 heteroatoms. The van der Waals surface area contributed by atoms with Crippen LogP contribution < -0.4 is 0 Å². The van der Waals surface area contributed by atoms with Crippen molar-refractivity contribution in [3.8, 4) is 0 Å². The summed E-state index contributed by atoms with van der Waals surface area (Å²) in [6.07, 6.45) is 5.58. The third-order valence-electron chi connectivity index (χ3n) is 3.82. The number of hydrogen-bond donors (Lipinski definition) is 0. The molecule has 1 aliphatic rings. The van der Waals surface area contributed by atoms with E-state index in [-0.39, 0.29) is 5.91 Å². The van der Waals surface area contributed by atoms with Crippen LogP contribution in [0.5, 0.6) is 0 Å². The van der Waals surface area contributed by atoms with Crippen molar-refractivity contribution < 1.29 is 4.79 Å². The van der Waals surface area contributed by atoms with E-state index in [2.05, 4.69) is 22.1 Å². The number of thiazole rings is 1. The number of piperidine rings is 1. The summed E-state index contributed by atoms with van der Waals surface area (Å²) in [4.78, 5) is 23.1. The summed E-state index contributed by atoms with van der Waals surface area (Å²) >= 11 is 1.41. The fourth-order valence-electron chi connectivity index (χ4n) is 2.71. The molecule has 1 fully saturated rings. The maximum absolute atomic E-state index is 12.2. The number of amides is 1. The van der Waals surface area contributed by atoms with E-state index >= 15 is 0 Å². The standard InChI is InChI=1S/C15H17N3OS/c1-11-8-13(2-5-17-11)12-3-6-18(7-4-12)15(19)14-9-16-10-20-14/h2,5,8-10,12H,3-4,6-7H2,1H3. The highest BCUT2D eigenvalue weighted by Crippen LogP contribution is 2.28. The van der Waals surface area contributed by atoms with E-state index in [1.54, 1.807) is 11.7 Å². The number of rotatable bonds is 2. The Morgan fingerprint density at radius 2 is 2.20 bits per heavy atom. The van der Waals surface area contributed by atoms with Gasteiger partial charge in [-0.05, 0) is 43.4 Å². The van der Waals surface area contributed by atoms with Crippen molar-refractivity contribution in [3.63, 3.8) is 0 Å². The van der Waals surface area contributed by atoms with Gasteiger partial charge in [0.15, 0.2) is 0 Å². The fourth-order valence-corrected chi connectivity index (χ4v) is 3.30. The summed E-state index contributed by atoms with van der Waals surface area (Å²) in [6, 6.07) is 4.25. The Labute approximate surface area is 122 Å². The van der Waals surface area contributed by atoms with Gasteiger partial charge in [-0.1, -0.05) is 0 Å². The van der Waals surface area contributed by atoms with Gasteiger partial charge in [-0.3, -0.25) is 14.8 Å². The molecular weight excluding hydrogens is 270 g/mol. The van der Waals surface area contributed by atoms with Crippen LogP contribution in [0.1, 0.15) is 39.7 Å². The third-order valence-corrected chi connectivity index (χ3v) is 4.58. The summed E-state index contributed by atoms with van der Waals surface area (Å²) in [7, 11) is 0. The molecule has 4 nitrogen and oxygen atoms in total. The van der Waals surface area contributed by atoms with E-state index in [1.807, 2.05) is 18.0 Å². The Morgan fingerprint density at radius 1 is 1.40 bits per heavy atom. The maximum atomic E-state index is 12.2. The normalized spacial score (nSPS) is 16.4. The quantitative estimate of drug-likeness (QED) is 0.853. The van der Waals surface area contributed by atoms with Gasteiger partial charge in [-0.25, -0.2) is 0 Å². The fraction of sp³-hybridized carbons (Fsp3) is 0.400. The Morgan fingerprint density at radius 3 is 2.85 bits per heavy atom. The molecule has 1 aliphatic heterocycles. The molecule has 0 aliphatic carbocycles. The number of pyridine rings is 1. The highest BCUT2D eigenvalue weighted by atomic mass is 32.1. The number of carbonyl (C=O) groups excluding carboxylic acids is 1. The molecule has 20 heavy (non-hydrogen) atoms. The van der Waals surface area contributed by atoms with Crippen LogP contribution >= 0.6 is 11.3 Å². The average molecular weight is 287 g/mol. The first-order valence-corrected chi connectivity index (χ1v) is 7.72. The zero-order chi connectivity index (χ0) is 13.9. The lowest BCUT2D eigenvalue weighted by molar-refractivity contribution is 0.0717. The van der Waals surface area contributed by atoms with Crippen molar-refractivity contribution in [1.82, 2.24) is 14.9 Å². The molecule has 104 valence electrons. The molecule has 2 aromatic rings. The SMILES string of the molecule is Cc1cc(C2CCN(C(=O)c3cncs3)CC2)ccn1. The van der Waals surface area contributed by atoms with Crippen LogP contribution in [0.25, 0.3) is 0 Å². The molecule has 0 saturated carbocycles. The second-order valence-electron chi connectivity index (χ2n) is 5.16. The van der Waals surface area contributed by atoms with Gasteiger partial charge in [0.1, 0.15) is 4.88 Å². The Hall–Kier alpha value is -1.75. The minimum Gasteiger partial charge on any atom is -0.338 e. The van der Waals surface area contributed by atoms with E-state index in [9.17, 15) is 4.79 Å². The molecule has 0 unspecified atom stereocenters. The van der Waals surface area contributed by atoms with Crippen molar-refractivity contribution in [2.24, 2.45) is 0 Å². The lowest BCUT2D eigenvalue weighted by Crippen LogP contribution is -2.37. The van der Waals surface area contributed by atoms with E-state index in [0.29, 0.717) is 5.92 Å². The third kappa shape index (κ3) is 2.72. The first-order valence-electron chi connectivity index (χ1n) is 6.84. The molecule has 0 N–H and O–H groups in total. The maximum Gasteiger partial charge on any atom is 0.265 e. The van der Waals surface area contributed by atoms with Gasteiger partial charge >= 0.3 is 0 Å². The smallest absolute Gasteiger partial charge is 0.265 e. The highest BCUT2D eigenvalue weighted by Gasteiger charge is 2.25.